The van der Waals surface area contributed by atoms with Crippen LogP contribution in [0, 0.1) is 5.82 Å². The SMILES string of the molecule is O=C1Nc2ncc(F)cc2C(c2ccco2)=NC1c1cccs1. The molecular weight excluding hydrogens is 317 g/mol. The van der Waals surface area contributed by atoms with E-state index in [9.17, 15) is 9.18 Å². The van der Waals surface area contributed by atoms with E-state index in [-0.39, 0.29) is 11.7 Å². The molecule has 0 fully saturated rings. The smallest absolute Gasteiger partial charge is 0.255 e. The van der Waals surface area contributed by atoms with Crippen molar-refractivity contribution in [3.05, 3.63) is 70.2 Å². The maximum Gasteiger partial charge on any atom is 0.255 e. The van der Waals surface area contributed by atoms with E-state index < -0.39 is 11.9 Å². The van der Waals surface area contributed by atoms with Gasteiger partial charge in [-0.3, -0.25) is 9.79 Å². The first-order chi connectivity index (χ1) is 11.2. The number of carbonyl (C=O) groups excluding carboxylic acids is 1. The number of hydrogen-bond donors (Lipinski definition) is 1. The molecule has 0 saturated heterocycles. The van der Waals surface area contributed by atoms with Gasteiger partial charge >= 0.3 is 0 Å². The van der Waals surface area contributed by atoms with E-state index >= 15 is 0 Å². The van der Waals surface area contributed by atoms with Crippen LogP contribution in [0.4, 0.5) is 10.2 Å². The van der Waals surface area contributed by atoms with Gasteiger partial charge in [-0.05, 0) is 29.6 Å². The molecule has 7 heteroatoms. The third kappa shape index (κ3) is 2.44. The van der Waals surface area contributed by atoms with Gasteiger partial charge in [0.1, 0.15) is 17.3 Å². The topological polar surface area (TPSA) is 67.5 Å². The van der Waals surface area contributed by atoms with E-state index in [4.69, 9.17) is 4.42 Å². The molecule has 0 bridgehead atoms. The van der Waals surface area contributed by atoms with Gasteiger partial charge < -0.3 is 9.73 Å². The highest BCUT2D eigenvalue weighted by molar-refractivity contribution is 7.10. The summed E-state index contributed by atoms with van der Waals surface area (Å²) >= 11 is 1.43. The predicted octanol–water partition coefficient (Wildman–Crippen LogP) is 3.41. The normalized spacial score (nSPS) is 17.2. The van der Waals surface area contributed by atoms with E-state index in [1.54, 1.807) is 12.1 Å². The zero-order valence-corrected chi connectivity index (χ0v) is 12.5. The van der Waals surface area contributed by atoms with Gasteiger partial charge in [0.2, 0.25) is 0 Å². The van der Waals surface area contributed by atoms with Gasteiger partial charge in [0.15, 0.2) is 11.8 Å². The fourth-order valence-corrected chi connectivity index (χ4v) is 3.17. The maximum absolute atomic E-state index is 13.7. The van der Waals surface area contributed by atoms with E-state index in [0.29, 0.717) is 17.0 Å². The molecule has 1 amide bonds. The first kappa shape index (κ1) is 13.8. The third-order valence-electron chi connectivity index (χ3n) is 3.42. The number of hydrogen-bond acceptors (Lipinski definition) is 5. The molecule has 0 aliphatic carbocycles. The molecule has 1 aliphatic heterocycles. The number of pyridine rings is 1. The van der Waals surface area contributed by atoms with Crippen molar-refractivity contribution in [2.24, 2.45) is 4.99 Å². The average molecular weight is 327 g/mol. The van der Waals surface area contributed by atoms with Crippen LogP contribution in [-0.2, 0) is 4.79 Å². The lowest BCUT2D eigenvalue weighted by atomic mass is 10.1. The fourth-order valence-electron chi connectivity index (χ4n) is 2.41. The molecule has 1 aliphatic rings. The second-order valence-corrected chi connectivity index (χ2v) is 5.89. The van der Waals surface area contributed by atoms with Crippen LogP contribution in [0.2, 0.25) is 0 Å². The Balaban J connectivity index is 1.94. The van der Waals surface area contributed by atoms with Gasteiger partial charge in [-0.15, -0.1) is 11.3 Å². The summed E-state index contributed by atoms with van der Waals surface area (Å²) in [5.41, 5.74) is 0.793. The highest BCUT2D eigenvalue weighted by atomic mass is 32.1. The van der Waals surface area contributed by atoms with E-state index in [1.807, 2.05) is 17.5 Å². The fraction of sp³-hybridized carbons (Fsp3) is 0.0625. The van der Waals surface area contributed by atoms with Crippen molar-refractivity contribution in [3.63, 3.8) is 0 Å². The molecule has 1 unspecified atom stereocenters. The molecule has 23 heavy (non-hydrogen) atoms. The van der Waals surface area contributed by atoms with Gasteiger partial charge in [0.25, 0.3) is 5.91 Å². The Morgan fingerprint density at radius 2 is 2.22 bits per heavy atom. The third-order valence-corrected chi connectivity index (χ3v) is 4.35. The first-order valence-corrected chi connectivity index (χ1v) is 7.72. The Bertz CT molecular complexity index is 888. The van der Waals surface area contributed by atoms with Gasteiger partial charge in [-0.1, -0.05) is 6.07 Å². The van der Waals surface area contributed by atoms with Gasteiger partial charge in [0, 0.05) is 10.4 Å². The second kappa shape index (κ2) is 5.44. The average Bonchev–Trinajstić information content (AvgIpc) is 3.22. The minimum Gasteiger partial charge on any atom is -0.463 e. The number of nitrogens with one attached hydrogen (secondary N) is 1. The number of furan rings is 1. The lowest BCUT2D eigenvalue weighted by molar-refractivity contribution is -0.117. The summed E-state index contributed by atoms with van der Waals surface area (Å²) in [6.07, 6.45) is 2.56. The van der Waals surface area contributed by atoms with Crippen molar-refractivity contribution in [1.29, 1.82) is 0 Å². The number of carbonyl (C=O) groups is 1. The monoisotopic (exact) mass is 327 g/mol. The van der Waals surface area contributed by atoms with Crippen molar-refractivity contribution >= 4 is 28.8 Å². The Kier molecular flexibility index (Phi) is 3.27. The van der Waals surface area contributed by atoms with Crippen molar-refractivity contribution in [1.82, 2.24) is 4.98 Å². The van der Waals surface area contributed by atoms with Crippen molar-refractivity contribution in [2.75, 3.05) is 5.32 Å². The van der Waals surface area contributed by atoms with Gasteiger partial charge in [-0.2, -0.15) is 0 Å². The molecule has 3 aromatic heterocycles. The number of amides is 1. The standard InChI is InChI=1S/C16H10FN3O2S/c17-9-7-10-13(11-3-1-5-22-11)19-14(12-4-2-6-23-12)16(21)20-15(10)18-8-9/h1-8,14H,(H,18,20,21). The summed E-state index contributed by atoms with van der Waals surface area (Å²) in [4.78, 5) is 21.8. The van der Waals surface area contributed by atoms with Crippen LogP contribution in [0.25, 0.3) is 0 Å². The largest absolute Gasteiger partial charge is 0.463 e. The summed E-state index contributed by atoms with van der Waals surface area (Å²) in [6.45, 7) is 0. The van der Waals surface area contributed by atoms with Gasteiger partial charge in [-0.25, -0.2) is 9.37 Å². The zero-order valence-electron chi connectivity index (χ0n) is 11.7. The van der Waals surface area contributed by atoms with Crippen LogP contribution < -0.4 is 5.32 Å². The number of aliphatic imine (C=N–C) groups is 1. The van der Waals surface area contributed by atoms with E-state index in [0.717, 1.165) is 11.1 Å². The molecule has 3 aromatic rings. The van der Waals surface area contributed by atoms with Crippen LogP contribution in [0.5, 0.6) is 0 Å². The van der Waals surface area contributed by atoms with E-state index in [1.165, 1.54) is 23.7 Å². The lowest BCUT2D eigenvalue weighted by Gasteiger charge is -2.08. The first-order valence-electron chi connectivity index (χ1n) is 6.84. The van der Waals surface area contributed by atoms with Gasteiger partial charge in [0.05, 0.1) is 12.5 Å². The highest BCUT2D eigenvalue weighted by Crippen LogP contribution is 2.31. The van der Waals surface area contributed by atoms with Crippen molar-refractivity contribution in [3.8, 4) is 0 Å². The molecule has 4 rings (SSSR count). The van der Waals surface area contributed by atoms with Crippen LogP contribution in [-0.4, -0.2) is 16.6 Å². The molecule has 1 atom stereocenters. The Morgan fingerprint density at radius 3 is 2.96 bits per heavy atom. The lowest BCUT2D eigenvalue weighted by Crippen LogP contribution is -2.18. The molecule has 0 radical (unpaired) electrons. The molecule has 4 heterocycles. The van der Waals surface area contributed by atoms with Crippen molar-refractivity contribution in [2.45, 2.75) is 6.04 Å². The Hall–Kier alpha value is -2.80. The molecule has 5 nitrogen and oxygen atoms in total. The van der Waals surface area contributed by atoms with Crippen LogP contribution in [0.15, 0.2) is 57.6 Å². The van der Waals surface area contributed by atoms with Crippen LogP contribution >= 0.6 is 11.3 Å². The number of nitrogens with zero attached hydrogens (tertiary/aromatic N) is 2. The molecule has 0 aromatic carbocycles. The summed E-state index contributed by atoms with van der Waals surface area (Å²) in [6, 6.07) is 7.68. The van der Waals surface area contributed by atoms with Crippen LogP contribution in [0.1, 0.15) is 22.2 Å². The minimum atomic E-state index is -0.729. The number of fused-ring (bicyclic) bond motifs is 1. The van der Waals surface area contributed by atoms with E-state index in [2.05, 4.69) is 15.3 Å². The second-order valence-electron chi connectivity index (χ2n) is 4.91. The van der Waals surface area contributed by atoms with Crippen molar-refractivity contribution < 1.29 is 13.6 Å². The molecule has 0 spiro atoms. The summed E-state index contributed by atoms with van der Waals surface area (Å²) < 4.78 is 19.1. The number of anilines is 1. The molecule has 114 valence electrons. The van der Waals surface area contributed by atoms with Crippen LogP contribution in [0.3, 0.4) is 0 Å². The number of halogens is 1. The molecular formula is C16H10FN3O2S. The summed E-state index contributed by atoms with van der Waals surface area (Å²) in [5.74, 6) is -0.0940. The summed E-state index contributed by atoms with van der Waals surface area (Å²) in [7, 11) is 0. The number of rotatable bonds is 2. The number of thiophene rings is 1. The highest BCUT2D eigenvalue weighted by Gasteiger charge is 2.29. The minimum absolute atomic E-state index is 0.269. The summed E-state index contributed by atoms with van der Waals surface area (Å²) in [5, 5.41) is 4.59. The molecule has 1 N–H and O–H groups in total. The Labute approximate surface area is 134 Å². The predicted molar refractivity (Wildman–Crippen MR) is 84.2 cm³/mol. The molecule has 0 saturated carbocycles. The maximum atomic E-state index is 13.7. The quantitative estimate of drug-likeness (QED) is 0.784. The zero-order chi connectivity index (χ0) is 15.8. The Morgan fingerprint density at radius 1 is 1.30 bits per heavy atom. The number of aromatic nitrogens is 1.